The van der Waals surface area contributed by atoms with E-state index >= 15 is 0 Å². The van der Waals surface area contributed by atoms with E-state index in [0.29, 0.717) is 17.8 Å². The number of aromatic nitrogens is 7. The summed E-state index contributed by atoms with van der Waals surface area (Å²) in [5.74, 6) is 0. The van der Waals surface area contributed by atoms with E-state index in [4.69, 9.17) is 5.10 Å². The molecule has 0 aromatic carbocycles. The maximum Gasteiger partial charge on any atom is 0.153 e. The zero-order valence-corrected chi connectivity index (χ0v) is 15.7. The molecule has 9 nitrogen and oxygen atoms in total. The number of aryl methyl sites for hydroxylation is 1. The molecule has 0 aliphatic heterocycles. The van der Waals surface area contributed by atoms with Crippen LogP contribution in [0.5, 0.6) is 0 Å². The van der Waals surface area contributed by atoms with E-state index in [1.165, 1.54) is 0 Å². The average Bonchev–Trinajstić information content (AvgIpc) is 3.45. The first kappa shape index (κ1) is 17.5. The SMILES string of the molecule is Cn1cc(-c2ccc3ncc(Cc4ccc5ncc(C(O)CO)n5c4)n3n2)cn1. The van der Waals surface area contributed by atoms with E-state index in [2.05, 4.69) is 15.1 Å². The number of nitrogens with zero attached hydrogens (tertiary/aromatic N) is 7. The molecular formula is C20H19N7O2. The van der Waals surface area contributed by atoms with Gasteiger partial charge in [0, 0.05) is 31.4 Å². The van der Waals surface area contributed by atoms with Gasteiger partial charge in [0.15, 0.2) is 5.65 Å². The molecule has 0 aliphatic rings. The molecule has 0 bridgehead atoms. The minimum absolute atomic E-state index is 0.355. The van der Waals surface area contributed by atoms with Crippen molar-refractivity contribution in [1.29, 1.82) is 0 Å². The van der Waals surface area contributed by atoms with Crippen molar-refractivity contribution in [3.8, 4) is 11.3 Å². The Bertz CT molecular complexity index is 1320. The Balaban J connectivity index is 1.53. The van der Waals surface area contributed by atoms with Crippen LogP contribution >= 0.6 is 0 Å². The molecule has 0 fully saturated rings. The summed E-state index contributed by atoms with van der Waals surface area (Å²) < 4.78 is 5.38. The summed E-state index contributed by atoms with van der Waals surface area (Å²) >= 11 is 0. The highest BCUT2D eigenvalue weighted by Gasteiger charge is 2.14. The van der Waals surface area contributed by atoms with Crippen LogP contribution in [0.1, 0.15) is 23.1 Å². The minimum Gasteiger partial charge on any atom is -0.393 e. The van der Waals surface area contributed by atoms with Gasteiger partial charge in [-0.05, 0) is 23.8 Å². The van der Waals surface area contributed by atoms with Gasteiger partial charge in [-0.3, -0.25) is 4.68 Å². The van der Waals surface area contributed by atoms with Crippen molar-refractivity contribution in [3.05, 3.63) is 72.2 Å². The third kappa shape index (κ3) is 3.06. The number of aliphatic hydroxyl groups is 2. The number of aliphatic hydroxyl groups excluding tert-OH is 2. The van der Waals surface area contributed by atoms with Crippen LogP contribution in [-0.2, 0) is 13.5 Å². The number of imidazole rings is 2. The molecule has 0 saturated heterocycles. The summed E-state index contributed by atoms with van der Waals surface area (Å²) in [7, 11) is 1.87. The molecule has 5 rings (SSSR count). The first-order valence-corrected chi connectivity index (χ1v) is 9.20. The van der Waals surface area contributed by atoms with Crippen LogP contribution in [0.4, 0.5) is 0 Å². The highest BCUT2D eigenvalue weighted by molar-refractivity contribution is 5.58. The van der Waals surface area contributed by atoms with E-state index < -0.39 is 6.10 Å². The summed E-state index contributed by atoms with van der Waals surface area (Å²) in [6.07, 6.45) is 8.65. The summed E-state index contributed by atoms with van der Waals surface area (Å²) in [6.45, 7) is -0.355. The summed E-state index contributed by atoms with van der Waals surface area (Å²) in [4.78, 5) is 8.73. The van der Waals surface area contributed by atoms with Crippen molar-refractivity contribution in [1.82, 2.24) is 33.8 Å². The van der Waals surface area contributed by atoms with E-state index in [9.17, 15) is 10.2 Å². The third-order valence-corrected chi connectivity index (χ3v) is 4.93. The molecule has 146 valence electrons. The van der Waals surface area contributed by atoms with Crippen LogP contribution in [0.25, 0.3) is 22.6 Å². The van der Waals surface area contributed by atoms with Gasteiger partial charge in [-0.25, -0.2) is 14.5 Å². The largest absolute Gasteiger partial charge is 0.393 e. The Morgan fingerprint density at radius 2 is 1.83 bits per heavy atom. The second kappa shape index (κ2) is 6.80. The van der Waals surface area contributed by atoms with E-state index in [1.54, 1.807) is 21.5 Å². The lowest BCUT2D eigenvalue weighted by atomic mass is 10.1. The van der Waals surface area contributed by atoms with Gasteiger partial charge in [0.05, 0.1) is 42.3 Å². The lowest BCUT2D eigenvalue weighted by Gasteiger charge is -2.08. The molecular weight excluding hydrogens is 370 g/mol. The van der Waals surface area contributed by atoms with Crippen LogP contribution in [-0.4, -0.2) is 50.6 Å². The number of hydrogen-bond acceptors (Lipinski definition) is 6. The lowest BCUT2D eigenvalue weighted by Crippen LogP contribution is -2.06. The molecule has 0 amide bonds. The van der Waals surface area contributed by atoms with Crippen LogP contribution in [0, 0.1) is 0 Å². The van der Waals surface area contributed by atoms with E-state index in [0.717, 1.165) is 28.2 Å². The zero-order chi connectivity index (χ0) is 20.0. The second-order valence-corrected chi connectivity index (χ2v) is 6.96. The van der Waals surface area contributed by atoms with Gasteiger partial charge >= 0.3 is 0 Å². The first-order valence-electron chi connectivity index (χ1n) is 9.20. The van der Waals surface area contributed by atoms with Crippen LogP contribution < -0.4 is 0 Å². The Morgan fingerprint density at radius 1 is 1.00 bits per heavy atom. The van der Waals surface area contributed by atoms with Gasteiger partial charge in [-0.1, -0.05) is 6.07 Å². The molecule has 0 spiro atoms. The monoisotopic (exact) mass is 389 g/mol. The lowest BCUT2D eigenvalue weighted by molar-refractivity contribution is 0.0916. The zero-order valence-electron chi connectivity index (χ0n) is 15.7. The van der Waals surface area contributed by atoms with Crippen LogP contribution in [0.15, 0.2) is 55.2 Å². The first-order chi connectivity index (χ1) is 14.1. The van der Waals surface area contributed by atoms with Gasteiger partial charge < -0.3 is 14.6 Å². The van der Waals surface area contributed by atoms with Gasteiger partial charge in [0.25, 0.3) is 0 Å². The molecule has 9 heteroatoms. The highest BCUT2D eigenvalue weighted by atomic mass is 16.3. The third-order valence-electron chi connectivity index (χ3n) is 4.93. The van der Waals surface area contributed by atoms with Crippen LogP contribution in [0.2, 0.25) is 0 Å². The van der Waals surface area contributed by atoms with Gasteiger partial charge in [-0.15, -0.1) is 0 Å². The highest BCUT2D eigenvalue weighted by Crippen LogP contribution is 2.20. The molecule has 0 radical (unpaired) electrons. The van der Waals surface area contributed by atoms with E-state index in [1.807, 2.05) is 54.4 Å². The molecule has 1 unspecified atom stereocenters. The maximum atomic E-state index is 10.0. The predicted octanol–water partition coefficient (Wildman–Crippen LogP) is 1.39. The fourth-order valence-electron chi connectivity index (χ4n) is 3.45. The van der Waals surface area contributed by atoms with E-state index in [-0.39, 0.29) is 6.61 Å². The molecule has 2 N–H and O–H groups in total. The number of hydrogen-bond donors (Lipinski definition) is 2. The summed E-state index contributed by atoms with van der Waals surface area (Å²) in [6, 6.07) is 7.75. The number of rotatable bonds is 5. The summed E-state index contributed by atoms with van der Waals surface area (Å²) in [5.41, 5.74) is 5.75. The average molecular weight is 389 g/mol. The van der Waals surface area contributed by atoms with Crippen molar-refractivity contribution in [2.75, 3.05) is 6.61 Å². The Hall–Kier alpha value is -3.56. The van der Waals surface area contributed by atoms with Gasteiger partial charge in [-0.2, -0.15) is 10.2 Å². The Morgan fingerprint density at radius 3 is 2.62 bits per heavy atom. The fraction of sp³-hybridized carbons (Fsp3) is 0.200. The van der Waals surface area contributed by atoms with Crippen molar-refractivity contribution < 1.29 is 10.2 Å². The van der Waals surface area contributed by atoms with Crippen molar-refractivity contribution in [2.24, 2.45) is 7.05 Å². The molecule has 29 heavy (non-hydrogen) atoms. The molecule has 5 heterocycles. The van der Waals surface area contributed by atoms with Gasteiger partial charge in [0.2, 0.25) is 0 Å². The number of pyridine rings is 1. The summed E-state index contributed by atoms with van der Waals surface area (Å²) in [5, 5.41) is 28.2. The maximum absolute atomic E-state index is 10.0. The molecule has 5 aromatic heterocycles. The second-order valence-electron chi connectivity index (χ2n) is 6.96. The normalized spacial score (nSPS) is 12.8. The fourth-order valence-corrected chi connectivity index (χ4v) is 3.45. The van der Waals surface area contributed by atoms with Crippen molar-refractivity contribution in [3.63, 3.8) is 0 Å². The molecule has 5 aromatic rings. The van der Waals surface area contributed by atoms with Gasteiger partial charge in [0.1, 0.15) is 11.8 Å². The Labute approximate surface area is 165 Å². The predicted molar refractivity (Wildman–Crippen MR) is 105 cm³/mol. The quantitative estimate of drug-likeness (QED) is 0.471. The molecule has 1 atom stereocenters. The molecule has 0 aliphatic carbocycles. The topological polar surface area (TPSA) is 106 Å². The minimum atomic E-state index is -0.972. The molecule has 0 saturated carbocycles. The van der Waals surface area contributed by atoms with Crippen LogP contribution in [0.3, 0.4) is 0 Å². The smallest absolute Gasteiger partial charge is 0.153 e. The standard InChI is InChI=1S/C20H19N7O2/c1-25-11-14(7-23-25)16-3-5-20-21-8-15(27(20)24-16)6-13-2-4-19-22-9-17(18(29)12-28)26(19)10-13/h2-5,7-11,18,28-29H,6,12H2,1H3. The van der Waals surface area contributed by atoms with Crippen molar-refractivity contribution in [2.45, 2.75) is 12.5 Å². The number of fused-ring (bicyclic) bond motifs is 2. The Kier molecular flexibility index (Phi) is 4.11. The van der Waals surface area contributed by atoms with Crippen molar-refractivity contribution >= 4 is 11.3 Å².